The number of H-pyrrole nitrogens is 1. The van der Waals surface area contributed by atoms with E-state index >= 15 is 0 Å². The number of ketones is 1. The van der Waals surface area contributed by atoms with Gasteiger partial charge in [0, 0.05) is 31.8 Å². The highest BCUT2D eigenvalue weighted by atomic mass is 35.5. The van der Waals surface area contributed by atoms with Crippen LogP contribution in [-0.4, -0.2) is 54.6 Å². The number of Topliss-reactive ketones (excluding diaryl/α,β-unsaturated/α-hetero) is 1. The maximum absolute atomic E-state index is 12.9. The molecule has 1 aliphatic heterocycles. The van der Waals surface area contributed by atoms with Gasteiger partial charge in [0.1, 0.15) is 10.6 Å². The summed E-state index contributed by atoms with van der Waals surface area (Å²) in [5.74, 6) is -0.408. The van der Waals surface area contributed by atoms with Gasteiger partial charge < -0.3 is 19.4 Å². The highest BCUT2D eigenvalue weighted by Crippen LogP contribution is 2.34. The minimum atomic E-state index is -0.394. The minimum absolute atomic E-state index is 0.0544. The summed E-state index contributed by atoms with van der Waals surface area (Å²) in [5.41, 5.74) is 1.04. The number of aromatic nitrogens is 2. The molecule has 0 aliphatic carbocycles. The Morgan fingerprint density at radius 1 is 1.37 bits per heavy atom. The minimum Gasteiger partial charge on any atom is -0.465 e. The van der Waals surface area contributed by atoms with Crippen molar-refractivity contribution >= 4 is 51.4 Å². The summed E-state index contributed by atoms with van der Waals surface area (Å²) in [7, 11) is 1.35. The van der Waals surface area contributed by atoms with Crippen molar-refractivity contribution < 1.29 is 19.1 Å². The third-order valence-electron chi connectivity index (χ3n) is 5.16. The molecule has 1 saturated heterocycles. The standard InChI is InChI=1S/C20H25Cl2N3O4S/c1-4-7-29-14-10-25(20-23-9-15(30-20)19(27)28-3)6-5-12(14)8-13(26)18-17(22)16(21)11(2)24-18/h9,12,14,24H,4-8,10H2,1-3H3. The van der Waals surface area contributed by atoms with Gasteiger partial charge in [0.25, 0.3) is 0 Å². The lowest BCUT2D eigenvalue weighted by molar-refractivity contribution is 0.00383. The number of hydrogen-bond donors (Lipinski definition) is 1. The molecule has 2 atom stereocenters. The van der Waals surface area contributed by atoms with Crippen LogP contribution in [0.4, 0.5) is 5.13 Å². The molecule has 1 fully saturated rings. The number of nitrogens with zero attached hydrogens (tertiary/aromatic N) is 2. The first-order valence-corrected chi connectivity index (χ1v) is 11.4. The summed E-state index contributed by atoms with van der Waals surface area (Å²) in [5, 5.41) is 1.42. The highest BCUT2D eigenvalue weighted by Gasteiger charge is 2.34. The van der Waals surface area contributed by atoms with Crippen LogP contribution in [0.3, 0.4) is 0 Å². The Labute approximate surface area is 189 Å². The molecule has 0 bridgehead atoms. The summed E-state index contributed by atoms with van der Waals surface area (Å²) in [6.07, 6.45) is 3.38. The Hall–Kier alpha value is -1.61. The monoisotopic (exact) mass is 473 g/mol. The lowest BCUT2D eigenvalue weighted by Gasteiger charge is -2.38. The van der Waals surface area contributed by atoms with Crippen LogP contribution in [0, 0.1) is 12.8 Å². The van der Waals surface area contributed by atoms with Crippen LogP contribution in [0.2, 0.25) is 10.0 Å². The topological polar surface area (TPSA) is 84.5 Å². The third-order valence-corrected chi connectivity index (χ3v) is 7.15. The predicted molar refractivity (Wildman–Crippen MR) is 118 cm³/mol. The number of carbonyl (C=O) groups is 2. The van der Waals surface area contributed by atoms with Crippen molar-refractivity contribution in [2.75, 3.05) is 31.7 Å². The van der Waals surface area contributed by atoms with Gasteiger partial charge in [0.2, 0.25) is 0 Å². The van der Waals surface area contributed by atoms with Gasteiger partial charge in [-0.25, -0.2) is 9.78 Å². The van der Waals surface area contributed by atoms with E-state index in [9.17, 15) is 9.59 Å². The van der Waals surface area contributed by atoms with E-state index < -0.39 is 5.97 Å². The number of aromatic amines is 1. The number of rotatable bonds is 8. The van der Waals surface area contributed by atoms with Crippen molar-refractivity contribution in [3.63, 3.8) is 0 Å². The van der Waals surface area contributed by atoms with E-state index in [-0.39, 0.29) is 22.8 Å². The summed E-state index contributed by atoms with van der Waals surface area (Å²) in [6.45, 7) is 5.77. The van der Waals surface area contributed by atoms with Crippen LogP contribution >= 0.6 is 34.5 Å². The molecule has 164 valence electrons. The normalized spacial score (nSPS) is 19.2. The van der Waals surface area contributed by atoms with Gasteiger partial charge in [-0.3, -0.25) is 4.79 Å². The molecule has 0 spiro atoms. The Morgan fingerprint density at radius 2 is 2.13 bits per heavy atom. The second-order valence-electron chi connectivity index (χ2n) is 7.28. The molecule has 0 amide bonds. The highest BCUT2D eigenvalue weighted by molar-refractivity contribution is 7.17. The van der Waals surface area contributed by atoms with Crippen molar-refractivity contribution in [3.8, 4) is 0 Å². The summed E-state index contributed by atoms with van der Waals surface area (Å²) >= 11 is 13.6. The van der Waals surface area contributed by atoms with Gasteiger partial charge in [-0.2, -0.15) is 0 Å². The number of anilines is 1. The zero-order valence-corrected chi connectivity index (χ0v) is 19.5. The average molecular weight is 474 g/mol. The van der Waals surface area contributed by atoms with Crippen LogP contribution in [-0.2, 0) is 9.47 Å². The first-order valence-electron chi connectivity index (χ1n) is 9.83. The van der Waals surface area contributed by atoms with Crippen LogP contribution in [0.15, 0.2) is 6.20 Å². The van der Waals surface area contributed by atoms with E-state index in [0.29, 0.717) is 40.9 Å². The summed E-state index contributed by atoms with van der Waals surface area (Å²) in [4.78, 5) is 34.5. The molecular weight excluding hydrogens is 449 g/mol. The van der Waals surface area contributed by atoms with Crippen molar-refractivity contribution in [2.45, 2.75) is 39.2 Å². The molecule has 30 heavy (non-hydrogen) atoms. The number of ether oxygens (including phenoxy) is 2. The van der Waals surface area contributed by atoms with Gasteiger partial charge in [-0.05, 0) is 25.7 Å². The molecule has 3 rings (SSSR count). The van der Waals surface area contributed by atoms with E-state index in [0.717, 1.165) is 24.5 Å². The van der Waals surface area contributed by atoms with Crippen molar-refractivity contribution in [2.24, 2.45) is 5.92 Å². The third kappa shape index (κ3) is 4.99. The van der Waals surface area contributed by atoms with Crippen molar-refractivity contribution in [3.05, 3.63) is 32.5 Å². The molecule has 2 aromatic rings. The van der Waals surface area contributed by atoms with Crippen LogP contribution < -0.4 is 4.90 Å². The molecule has 1 N–H and O–H groups in total. The molecule has 0 aromatic carbocycles. The number of methoxy groups -OCH3 is 1. The van der Waals surface area contributed by atoms with Gasteiger partial charge in [-0.15, -0.1) is 0 Å². The molecule has 0 radical (unpaired) electrons. The van der Waals surface area contributed by atoms with Gasteiger partial charge in [0.05, 0.1) is 29.5 Å². The van der Waals surface area contributed by atoms with Crippen LogP contribution in [0.25, 0.3) is 0 Å². The van der Waals surface area contributed by atoms with Gasteiger partial charge >= 0.3 is 5.97 Å². The Bertz CT molecular complexity index is 914. The smallest absolute Gasteiger partial charge is 0.349 e. The maximum atomic E-state index is 12.9. The summed E-state index contributed by atoms with van der Waals surface area (Å²) in [6, 6.07) is 0. The van der Waals surface area contributed by atoms with Crippen molar-refractivity contribution in [1.82, 2.24) is 9.97 Å². The number of halogens is 2. The quantitative estimate of drug-likeness (QED) is 0.439. The van der Waals surface area contributed by atoms with Crippen molar-refractivity contribution in [1.29, 1.82) is 0 Å². The van der Waals surface area contributed by atoms with E-state index in [1.807, 2.05) is 6.92 Å². The van der Waals surface area contributed by atoms with E-state index in [4.69, 9.17) is 32.7 Å². The number of piperidine rings is 1. The fourth-order valence-electron chi connectivity index (χ4n) is 3.54. The van der Waals surface area contributed by atoms with E-state index in [1.165, 1.54) is 24.6 Å². The predicted octanol–water partition coefficient (Wildman–Crippen LogP) is 4.77. The fraction of sp³-hybridized carbons (Fsp3) is 0.550. The van der Waals surface area contributed by atoms with E-state index in [2.05, 4.69) is 14.9 Å². The Morgan fingerprint density at radius 3 is 2.77 bits per heavy atom. The first-order chi connectivity index (χ1) is 14.3. The molecule has 10 heteroatoms. The molecule has 7 nitrogen and oxygen atoms in total. The van der Waals surface area contributed by atoms with Gasteiger partial charge in [-0.1, -0.05) is 41.5 Å². The number of esters is 1. The number of hydrogen-bond acceptors (Lipinski definition) is 7. The van der Waals surface area contributed by atoms with Crippen LogP contribution in [0.1, 0.15) is 52.0 Å². The van der Waals surface area contributed by atoms with E-state index in [1.54, 1.807) is 6.92 Å². The lowest BCUT2D eigenvalue weighted by Crippen LogP contribution is -2.46. The number of nitrogens with one attached hydrogen (secondary N) is 1. The van der Waals surface area contributed by atoms with Crippen LogP contribution in [0.5, 0.6) is 0 Å². The van der Waals surface area contributed by atoms with Gasteiger partial charge in [0.15, 0.2) is 10.9 Å². The Balaban J connectivity index is 1.71. The molecule has 3 heterocycles. The Kier molecular flexibility index (Phi) is 7.79. The zero-order chi connectivity index (χ0) is 21.8. The molecular formula is C20H25Cl2N3O4S. The second kappa shape index (κ2) is 10.1. The molecule has 1 aliphatic rings. The lowest BCUT2D eigenvalue weighted by atomic mass is 9.88. The number of aryl methyl sites for hydroxylation is 1. The SMILES string of the molecule is CCCOC1CN(c2ncc(C(=O)OC)s2)CCC1CC(=O)c1[nH]c(C)c(Cl)c1Cl. The first kappa shape index (κ1) is 23.1. The molecule has 2 aromatic heterocycles. The fourth-order valence-corrected chi connectivity index (χ4v) is 4.85. The average Bonchev–Trinajstić information content (AvgIpc) is 3.33. The molecule has 2 unspecified atom stereocenters. The second-order valence-corrected chi connectivity index (χ2v) is 9.05. The number of thiazole rings is 1. The molecule has 0 saturated carbocycles. The summed E-state index contributed by atoms with van der Waals surface area (Å²) < 4.78 is 10.9. The maximum Gasteiger partial charge on any atom is 0.349 e. The largest absolute Gasteiger partial charge is 0.465 e. The number of carbonyl (C=O) groups excluding carboxylic acids is 2. The zero-order valence-electron chi connectivity index (χ0n) is 17.2.